The van der Waals surface area contributed by atoms with E-state index in [1.165, 1.54) is 6.07 Å². The molecular weight excluding hydrogens is 373 g/mol. The van der Waals surface area contributed by atoms with Gasteiger partial charge in [0.15, 0.2) is 0 Å². The maximum Gasteiger partial charge on any atom is 0.308 e. The number of phenolic OH excluding ortho intramolecular Hbond substituents is 1. The lowest BCUT2D eigenvalue weighted by Crippen LogP contribution is -2.33. The van der Waals surface area contributed by atoms with Crippen LogP contribution in [-0.4, -0.2) is 28.6 Å². The topological polar surface area (TPSA) is 86.6 Å². The number of phenols is 1. The molecule has 1 atom stereocenters. The minimum atomic E-state index is -0.913. The molecule has 0 saturated heterocycles. The summed E-state index contributed by atoms with van der Waals surface area (Å²) in [5.74, 6) is -1.61. The molecule has 1 rings (SSSR count). The first-order valence-electron chi connectivity index (χ1n) is 6.30. The molecule has 1 unspecified atom stereocenters. The quantitative estimate of drug-likeness (QED) is 0.651. The highest BCUT2D eigenvalue weighted by molar-refractivity contribution is 14.1. The number of carboxylic acids is 1. The Morgan fingerprint density at radius 3 is 2.50 bits per heavy atom. The third-order valence-electron chi connectivity index (χ3n) is 2.82. The smallest absolute Gasteiger partial charge is 0.308 e. The van der Waals surface area contributed by atoms with Crippen LogP contribution in [0.25, 0.3) is 0 Å². The van der Waals surface area contributed by atoms with E-state index in [4.69, 9.17) is 5.11 Å². The molecule has 0 aliphatic carbocycles. The van der Waals surface area contributed by atoms with Crippen LogP contribution < -0.4 is 5.32 Å². The normalized spacial score (nSPS) is 12.2. The standard InChI is InChI=1S/C14H18INO4/c1-8(2)5-10(14(19)20)7-16-13(18)9-3-4-11(15)12(17)6-9/h3-4,6,8,10,17H,5,7H2,1-2H3,(H,16,18)(H,19,20). The Balaban J connectivity index is 2.65. The van der Waals surface area contributed by atoms with E-state index in [1.54, 1.807) is 12.1 Å². The van der Waals surface area contributed by atoms with Gasteiger partial charge in [0.2, 0.25) is 0 Å². The number of hydrogen-bond donors (Lipinski definition) is 3. The molecule has 110 valence electrons. The number of nitrogens with one attached hydrogen (secondary N) is 1. The molecule has 0 aliphatic heterocycles. The van der Waals surface area contributed by atoms with Crippen LogP contribution in [-0.2, 0) is 4.79 Å². The first-order chi connectivity index (χ1) is 9.31. The summed E-state index contributed by atoms with van der Waals surface area (Å²) in [6, 6.07) is 4.60. The van der Waals surface area contributed by atoms with E-state index in [0.717, 1.165) is 0 Å². The van der Waals surface area contributed by atoms with Crippen molar-refractivity contribution in [2.24, 2.45) is 11.8 Å². The van der Waals surface area contributed by atoms with Crippen molar-refractivity contribution in [2.75, 3.05) is 6.54 Å². The monoisotopic (exact) mass is 391 g/mol. The van der Waals surface area contributed by atoms with Gasteiger partial charge in [-0.05, 0) is 53.1 Å². The van der Waals surface area contributed by atoms with Gasteiger partial charge in [-0.3, -0.25) is 9.59 Å². The highest BCUT2D eigenvalue weighted by atomic mass is 127. The number of amides is 1. The van der Waals surface area contributed by atoms with Crippen molar-refractivity contribution in [3.05, 3.63) is 27.3 Å². The summed E-state index contributed by atoms with van der Waals surface area (Å²) in [6.45, 7) is 3.96. The van der Waals surface area contributed by atoms with E-state index in [-0.39, 0.29) is 24.1 Å². The molecule has 0 fully saturated rings. The number of aliphatic carboxylic acids is 1. The van der Waals surface area contributed by atoms with Gasteiger partial charge in [0.05, 0.1) is 9.49 Å². The van der Waals surface area contributed by atoms with Gasteiger partial charge in [0.1, 0.15) is 5.75 Å². The van der Waals surface area contributed by atoms with Crippen molar-refractivity contribution in [3.8, 4) is 5.75 Å². The van der Waals surface area contributed by atoms with E-state index in [9.17, 15) is 14.7 Å². The molecular formula is C14H18INO4. The van der Waals surface area contributed by atoms with E-state index in [1.807, 2.05) is 36.4 Å². The maximum atomic E-state index is 11.9. The zero-order valence-electron chi connectivity index (χ0n) is 11.4. The molecule has 0 aliphatic rings. The Kier molecular flexibility index (Phi) is 6.25. The number of carbonyl (C=O) groups is 2. The average molecular weight is 391 g/mol. The molecule has 1 aromatic carbocycles. The summed E-state index contributed by atoms with van der Waals surface area (Å²) < 4.78 is 0.655. The molecule has 20 heavy (non-hydrogen) atoms. The van der Waals surface area contributed by atoms with Crippen LogP contribution in [0.4, 0.5) is 0 Å². The van der Waals surface area contributed by atoms with E-state index < -0.39 is 11.9 Å². The van der Waals surface area contributed by atoms with Gasteiger partial charge in [0.25, 0.3) is 5.91 Å². The molecule has 3 N–H and O–H groups in total. The Morgan fingerprint density at radius 1 is 1.35 bits per heavy atom. The largest absolute Gasteiger partial charge is 0.507 e. The molecule has 0 radical (unpaired) electrons. The predicted molar refractivity (Wildman–Crippen MR) is 83.7 cm³/mol. The van der Waals surface area contributed by atoms with Crippen LogP contribution in [0.3, 0.4) is 0 Å². The molecule has 0 bridgehead atoms. The number of carboxylic acid groups (broad SMARTS) is 1. The molecule has 0 spiro atoms. The zero-order chi connectivity index (χ0) is 15.3. The van der Waals surface area contributed by atoms with Crippen LogP contribution in [0.15, 0.2) is 18.2 Å². The van der Waals surface area contributed by atoms with Crippen molar-refractivity contribution in [2.45, 2.75) is 20.3 Å². The third-order valence-corrected chi connectivity index (χ3v) is 3.73. The van der Waals surface area contributed by atoms with Crippen molar-refractivity contribution < 1.29 is 19.8 Å². The highest BCUT2D eigenvalue weighted by Gasteiger charge is 2.20. The van der Waals surface area contributed by atoms with Crippen LogP contribution in [0.1, 0.15) is 30.6 Å². The lowest BCUT2D eigenvalue weighted by Gasteiger charge is -2.15. The third kappa shape index (κ3) is 4.99. The first kappa shape index (κ1) is 16.7. The summed E-state index contributed by atoms with van der Waals surface area (Å²) >= 11 is 1.96. The molecule has 0 saturated carbocycles. The predicted octanol–water partition coefficient (Wildman–Crippen LogP) is 2.47. The number of carbonyl (C=O) groups excluding carboxylic acids is 1. The van der Waals surface area contributed by atoms with E-state index >= 15 is 0 Å². The number of aromatic hydroxyl groups is 1. The van der Waals surface area contributed by atoms with Gasteiger partial charge in [-0.2, -0.15) is 0 Å². The minimum absolute atomic E-state index is 0.0372. The second-order valence-corrected chi connectivity index (χ2v) is 6.20. The second kappa shape index (κ2) is 7.47. The zero-order valence-corrected chi connectivity index (χ0v) is 13.5. The number of rotatable bonds is 6. The van der Waals surface area contributed by atoms with Crippen molar-refractivity contribution >= 4 is 34.5 Å². The fourth-order valence-electron chi connectivity index (χ4n) is 1.81. The lowest BCUT2D eigenvalue weighted by atomic mass is 9.97. The summed E-state index contributed by atoms with van der Waals surface area (Å²) in [6.07, 6.45) is 0.507. The fourth-order valence-corrected chi connectivity index (χ4v) is 2.15. The van der Waals surface area contributed by atoms with Gasteiger partial charge < -0.3 is 15.5 Å². The summed E-state index contributed by atoms with van der Waals surface area (Å²) in [5, 5.41) is 21.2. The molecule has 1 amide bonds. The average Bonchev–Trinajstić information content (AvgIpc) is 2.36. The molecule has 6 heteroatoms. The Bertz CT molecular complexity index is 502. The van der Waals surface area contributed by atoms with Gasteiger partial charge >= 0.3 is 5.97 Å². The SMILES string of the molecule is CC(C)CC(CNC(=O)c1ccc(I)c(O)c1)C(=O)O. The van der Waals surface area contributed by atoms with Gasteiger partial charge in [-0.25, -0.2) is 0 Å². The summed E-state index contributed by atoms with van der Waals surface area (Å²) in [5.41, 5.74) is 0.316. The number of benzene rings is 1. The fraction of sp³-hybridized carbons (Fsp3) is 0.429. The van der Waals surface area contributed by atoms with Crippen molar-refractivity contribution in [1.29, 1.82) is 0 Å². The van der Waals surface area contributed by atoms with Crippen LogP contribution >= 0.6 is 22.6 Å². The maximum absolute atomic E-state index is 11.9. The molecule has 5 nitrogen and oxygen atoms in total. The van der Waals surface area contributed by atoms with Crippen LogP contribution in [0.2, 0.25) is 0 Å². The second-order valence-electron chi connectivity index (χ2n) is 5.04. The highest BCUT2D eigenvalue weighted by Crippen LogP contribution is 2.20. The van der Waals surface area contributed by atoms with Crippen LogP contribution in [0, 0.1) is 15.4 Å². The van der Waals surface area contributed by atoms with Gasteiger partial charge in [-0.1, -0.05) is 13.8 Å². The van der Waals surface area contributed by atoms with E-state index in [2.05, 4.69) is 5.32 Å². The van der Waals surface area contributed by atoms with Crippen molar-refractivity contribution in [3.63, 3.8) is 0 Å². The Labute approximate surface area is 131 Å². The first-order valence-corrected chi connectivity index (χ1v) is 7.38. The Hall–Kier alpha value is -1.31. The summed E-state index contributed by atoms with van der Waals surface area (Å²) in [4.78, 5) is 23.0. The lowest BCUT2D eigenvalue weighted by molar-refractivity contribution is -0.142. The van der Waals surface area contributed by atoms with Gasteiger partial charge in [-0.15, -0.1) is 0 Å². The summed E-state index contributed by atoms with van der Waals surface area (Å²) in [7, 11) is 0. The van der Waals surface area contributed by atoms with Gasteiger partial charge in [0, 0.05) is 12.1 Å². The Morgan fingerprint density at radius 2 is 2.00 bits per heavy atom. The molecule has 1 aromatic rings. The van der Waals surface area contributed by atoms with Crippen molar-refractivity contribution in [1.82, 2.24) is 5.32 Å². The van der Waals surface area contributed by atoms with E-state index in [0.29, 0.717) is 15.6 Å². The minimum Gasteiger partial charge on any atom is -0.507 e. The number of hydrogen-bond acceptors (Lipinski definition) is 3. The molecule has 0 aromatic heterocycles. The number of halogens is 1. The molecule has 0 heterocycles. The van der Waals surface area contributed by atoms with Crippen LogP contribution in [0.5, 0.6) is 5.75 Å².